The Labute approximate surface area is 181 Å². The SMILES string of the molecule is Cc1ccccc1-c1nc(C)c(CNC(=O)Cn2cnc3c2c(=O)n(C)c(=O)n3C)s1. The van der Waals surface area contributed by atoms with Crippen LogP contribution in [0.5, 0.6) is 0 Å². The summed E-state index contributed by atoms with van der Waals surface area (Å²) in [5.41, 5.74) is 2.63. The fourth-order valence-corrected chi connectivity index (χ4v) is 4.52. The molecule has 0 aliphatic carbocycles. The van der Waals surface area contributed by atoms with Crippen LogP contribution in [-0.2, 0) is 32.0 Å². The lowest BCUT2D eigenvalue weighted by molar-refractivity contribution is -0.121. The molecule has 3 heterocycles. The molecule has 0 unspecified atom stereocenters. The van der Waals surface area contributed by atoms with Gasteiger partial charge in [0.25, 0.3) is 5.56 Å². The summed E-state index contributed by atoms with van der Waals surface area (Å²) >= 11 is 1.55. The van der Waals surface area contributed by atoms with Crippen LogP contribution in [0.3, 0.4) is 0 Å². The molecule has 0 saturated carbocycles. The van der Waals surface area contributed by atoms with Crippen LogP contribution in [0.25, 0.3) is 21.7 Å². The van der Waals surface area contributed by atoms with E-state index in [1.165, 1.54) is 22.5 Å². The van der Waals surface area contributed by atoms with Gasteiger partial charge in [-0.05, 0) is 19.4 Å². The maximum atomic E-state index is 12.6. The van der Waals surface area contributed by atoms with Crippen LogP contribution in [0.4, 0.5) is 0 Å². The smallest absolute Gasteiger partial charge is 0.332 e. The maximum absolute atomic E-state index is 12.6. The van der Waals surface area contributed by atoms with Crippen molar-refractivity contribution in [3.05, 3.63) is 67.6 Å². The highest BCUT2D eigenvalue weighted by atomic mass is 32.1. The van der Waals surface area contributed by atoms with Crippen LogP contribution in [0.2, 0.25) is 0 Å². The molecule has 31 heavy (non-hydrogen) atoms. The molecule has 4 aromatic rings. The van der Waals surface area contributed by atoms with Crippen LogP contribution >= 0.6 is 11.3 Å². The van der Waals surface area contributed by atoms with Crippen LogP contribution in [-0.4, -0.2) is 29.6 Å². The number of aromatic nitrogens is 5. The van der Waals surface area contributed by atoms with Crippen molar-refractivity contribution in [3.63, 3.8) is 0 Å². The Morgan fingerprint density at radius 3 is 2.61 bits per heavy atom. The van der Waals surface area contributed by atoms with Gasteiger partial charge >= 0.3 is 5.69 Å². The van der Waals surface area contributed by atoms with Gasteiger partial charge in [0, 0.05) is 24.5 Å². The van der Waals surface area contributed by atoms with Gasteiger partial charge in [-0.2, -0.15) is 0 Å². The Bertz CT molecular complexity index is 1430. The third-order valence-electron chi connectivity index (χ3n) is 5.25. The number of rotatable bonds is 5. The number of fused-ring (bicyclic) bond motifs is 1. The zero-order valence-corrected chi connectivity index (χ0v) is 18.5. The van der Waals surface area contributed by atoms with Gasteiger partial charge in [-0.1, -0.05) is 24.3 Å². The van der Waals surface area contributed by atoms with Crippen LogP contribution in [0.15, 0.2) is 40.2 Å². The zero-order valence-electron chi connectivity index (χ0n) is 17.7. The first-order valence-electron chi connectivity index (χ1n) is 9.67. The van der Waals surface area contributed by atoms with Crippen LogP contribution in [0.1, 0.15) is 16.1 Å². The van der Waals surface area contributed by atoms with Gasteiger partial charge in [-0.3, -0.25) is 18.7 Å². The topological polar surface area (TPSA) is 104 Å². The molecule has 1 N–H and O–H groups in total. The Kier molecular flexibility index (Phi) is 5.32. The number of hydrogen-bond acceptors (Lipinski definition) is 6. The highest BCUT2D eigenvalue weighted by molar-refractivity contribution is 7.15. The number of nitrogens with zero attached hydrogens (tertiary/aromatic N) is 5. The second-order valence-electron chi connectivity index (χ2n) is 7.37. The Balaban J connectivity index is 1.52. The fourth-order valence-electron chi connectivity index (χ4n) is 3.43. The molecule has 0 aliphatic heterocycles. The first-order valence-corrected chi connectivity index (χ1v) is 10.5. The van der Waals surface area contributed by atoms with E-state index >= 15 is 0 Å². The van der Waals surface area contributed by atoms with Crippen LogP contribution in [0, 0.1) is 13.8 Å². The minimum absolute atomic E-state index is 0.0769. The molecule has 0 spiro atoms. The predicted octanol–water partition coefficient (Wildman–Crippen LogP) is 1.49. The summed E-state index contributed by atoms with van der Waals surface area (Å²) in [7, 11) is 2.94. The Morgan fingerprint density at radius 1 is 1.13 bits per heavy atom. The number of carbonyl (C=O) groups is 1. The van der Waals surface area contributed by atoms with Gasteiger partial charge in [-0.25, -0.2) is 14.8 Å². The summed E-state index contributed by atoms with van der Waals surface area (Å²) in [6.07, 6.45) is 1.40. The molecule has 1 aromatic carbocycles. The van der Waals surface area contributed by atoms with Crippen LogP contribution < -0.4 is 16.6 Å². The monoisotopic (exact) mass is 438 g/mol. The normalized spacial score (nSPS) is 11.2. The van der Waals surface area contributed by atoms with Gasteiger partial charge in [0.05, 0.1) is 18.6 Å². The molecule has 0 fully saturated rings. The van der Waals surface area contributed by atoms with Crippen molar-refractivity contribution < 1.29 is 4.79 Å². The first-order chi connectivity index (χ1) is 14.8. The molecule has 0 radical (unpaired) electrons. The number of benzene rings is 1. The molecular weight excluding hydrogens is 416 g/mol. The molecule has 4 rings (SSSR count). The number of imidazole rings is 1. The molecule has 3 aromatic heterocycles. The highest BCUT2D eigenvalue weighted by Crippen LogP contribution is 2.29. The van der Waals surface area contributed by atoms with Gasteiger partial charge in [-0.15, -0.1) is 11.3 Å². The van der Waals surface area contributed by atoms with E-state index in [0.717, 1.165) is 31.3 Å². The standard InChI is InChI=1S/C21H22N6O3S/c1-12-7-5-6-8-14(12)19-24-13(2)15(31-19)9-22-16(28)10-27-11-23-18-17(27)20(29)26(4)21(30)25(18)3/h5-8,11H,9-10H2,1-4H3,(H,22,28). The fraction of sp³-hybridized carbons (Fsp3) is 0.286. The largest absolute Gasteiger partial charge is 0.350 e. The van der Waals surface area contributed by atoms with E-state index < -0.39 is 11.2 Å². The summed E-state index contributed by atoms with van der Waals surface area (Å²) in [6.45, 7) is 4.24. The molecule has 9 nitrogen and oxygen atoms in total. The molecule has 0 saturated heterocycles. The molecule has 160 valence electrons. The minimum atomic E-state index is -0.482. The number of thiazole rings is 1. The van der Waals surface area contributed by atoms with Crippen molar-refractivity contribution in [2.75, 3.05) is 0 Å². The quantitative estimate of drug-likeness (QED) is 0.508. The Morgan fingerprint density at radius 2 is 1.87 bits per heavy atom. The van der Waals surface area contributed by atoms with E-state index in [2.05, 4.69) is 15.3 Å². The lowest BCUT2D eigenvalue weighted by Crippen LogP contribution is -2.38. The number of nitrogens with one attached hydrogen (secondary N) is 1. The molecule has 0 bridgehead atoms. The second-order valence-corrected chi connectivity index (χ2v) is 8.45. The summed E-state index contributed by atoms with van der Waals surface area (Å²) in [4.78, 5) is 46.9. The third-order valence-corrected chi connectivity index (χ3v) is 6.44. The van der Waals surface area contributed by atoms with Crippen molar-refractivity contribution >= 4 is 28.4 Å². The highest BCUT2D eigenvalue weighted by Gasteiger charge is 2.17. The number of amides is 1. The summed E-state index contributed by atoms with van der Waals surface area (Å²) in [5.74, 6) is -0.263. The maximum Gasteiger partial charge on any atom is 0.332 e. The van der Waals surface area contributed by atoms with Crippen molar-refractivity contribution in [2.45, 2.75) is 26.9 Å². The molecular formula is C21H22N6O3S. The average molecular weight is 439 g/mol. The van der Waals surface area contributed by atoms with Gasteiger partial charge in [0.1, 0.15) is 11.6 Å². The molecule has 0 atom stereocenters. The number of carbonyl (C=O) groups excluding carboxylic acids is 1. The predicted molar refractivity (Wildman–Crippen MR) is 119 cm³/mol. The van der Waals surface area contributed by atoms with E-state index in [0.29, 0.717) is 6.54 Å². The lowest BCUT2D eigenvalue weighted by atomic mass is 10.1. The van der Waals surface area contributed by atoms with E-state index in [9.17, 15) is 14.4 Å². The summed E-state index contributed by atoms with van der Waals surface area (Å²) in [5, 5.41) is 3.81. The lowest BCUT2D eigenvalue weighted by Gasteiger charge is -2.07. The van der Waals surface area contributed by atoms with Crippen molar-refractivity contribution in [1.82, 2.24) is 29.0 Å². The first kappa shape index (κ1) is 20.7. The van der Waals surface area contributed by atoms with Gasteiger partial charge < -0.3 is 9.88 Å². The van der Waals surface area contributed by atoms with Crippen molar-refractivity contribution in [2.24, 2.45) is 14.1 Å². The van der Waals surface area contributed by atoms with E-state index in [-0.39, 0.29) is 23.6 Å². The Hall–Kier alpha value is -3.53. The summed E-state index contributed by atoms with van der Waals surface area (Å²) in [6, 6.07) is 8.05. The molecule has 0 aliphatic rings. The minimum Gasteiger partial charge on any atom is -0.350 e. The van der Waals surface area contributed by atoms with Gasteiger partial charge in [0.15, 0.2) is 11.2 Å². The van der Waals surface area contributed by atoms with Crippen molar-refractivity contribution in [3.8, 4) is 10.6 Å². The second kappa shape index (κ2) is 7.95. The van der Waals surface area contributed by atoms with Gasteiger partial charge in [0.2, 0.25) is 5.91 Å². The number of aryl methyl sites for hydroxylation is 3. The zero-order chi connectivity index (χ0) is 22.3. The van der Waals surface area contributed by atoms with E-state index in [4.69, 9.17) is 0 Å². The molecule has 10 heteroatoms. The van der Waals surface area contributed by atoms with Crippen molar-refractivity contribution in [1.29, 1.82) is 0 Å². The van der Waals surface area contributed by atoms with E-state index in [1.54, 1.807) is 18.4 Å². The summed E-state index contributed by atoms with van der Waals surface area (Å²) < 4.78 is 3.76. The third kappa shape index (κ3) is 3.70. The van der Waals surface area contributed by atoms with E-state index in [1.807, 2.05) is 38.1 Å². The number of hydrogen-bond donors (Lipinski definition) is 1. The molecule has 1 amide bonds. The average Bonchev–Trinajstić information content (AvgIpc) is 3.33.